The van der Waals surface area contributed by atoms with Crippen molar-refractivity contribution < 1.29 is 9.53 Å². The van der Waals surface area contributed by atoms with Crippen molar-refractivity contribution in [1.29, 1.82) is 0 Å². The van der Waals surface area contributed by atoms with Crippen molar-refractivity contribution in [3.8, 4) is 5.75 Å². The highest BCUT2D eigenvalue weighted by Crippen LogP contribution is 2.32. The normalized spacial score (nSPS) is 22.2. The molecule has 0 aromatic heterocycles. The van der Waals surface area contributed by atoms with Crippen molar-refractivity contribution in [1.82, 2.24) is 4.90 Å². The number of rotatable bonds is 2. The molecule has 0 saturated carbocycles. The molecule has 1 fully saturated rings. The van der Waals surface area contributed by atoms with Gasteiger partial charge in [0.1, 0.15) is 12.4 Å². The number of ether oxygens (including phenoxy) is 1. The van der Waals surface area contributed by atoms with Gasteiger partial charge in [-0.05, 0) is 29.8 Å². The number of amides is 1. The average Bonchev–Trinajstić information content (AvgIpc) is 3.03. The number of nitrogens with zero attached hydrogens (tertiary/aromatic N) is 1. The Bertz CT molecular complexity index is 835. The molecule has 2 aromatic rings. The van der Waals surface area contributed by atoms with Crippen molar-refractivity contribution >= 4 is 27.9 Å². The van der Waals surface area contributed by atoms with Gasteiger partial charge in [-0.25, -0.2) is 0 Å². The first-order valence-electron chi connectivity index (χ1n) is 8.34. The molecule has 0 aliphatic carbocycles. The lowest BCUT2D eigenvalue weighted by atomic mass is 9.95. The molecule has 0 bridgehead atoms. The van der Waals surface area contributed by atoms with Crippen LogP contribution >= 0.6 is 15.9 Å². The second-order valence-corrected chi connectivity index (χ2v) is 7.45. The lowest BCUT2D eigenvalue weighted by molar-refractivity contribution is -0.126. The Kier molecular flexibility index (Phi) is 4.36. The Hall–Kier alpha value is -2.11. The summed E-state index contributed by atoms with van der Waals surface area (Å²) < 4.78 is 6.71. The van der Waals surface area contributed by atoms with Crippen molar-refractivity contribution in [2.24, 2.45) is 5.73 Å². The highest BCUT2D eigenvalue weighted by Gasteiger charge is 2.35. The minimum Gasteiger partial charge on any atom is -0.488 e. The first kappa shape index (κ1) is 16.4. The minimum atomic E-state index is -0.0436. The van der Waals surface area contributed by atoms with Crippen LogP contribution in [0.1, 0.15) is 17.0 Å². The minimum absolute atomic E-state index is 0.0134. The standard InChI is InChI=1S/C20H19BrN2O2/c21-16-6-7-19-14(9-16)8-15(12-25-19)20(24)23-10-17(18(22)11-23)13-4-2-1-3-5-13/h1-9,17-18H,10-12,22H2/t17-,18+/m0/s1. The highest BCUT2D eigenvalue weighted by atomic mass is 79.9. The fourth-order valence-electron chi connectivity index (χ4n) is 3.52. The number of halogens is 1. The fraction of sp³-hybridized carbons (Fsp3) is 0.250. The van der Waals surface area contributed by atoms with Gasteiger partial charge in [0, 0.05) is 35.1 Å². The molecule has 2 aliphatic rings. The largest absolute Gasteiger partial charge is 0.488 e. The maximum atomic E-state index is 12.9. The third-order valence-electron chi connectivity index (χ3n) is 4.84. The average molecular weight is 399 g/mol. The van der Waals surface area contributed by atoms with Crippen LogP contribution < -0.4 is 10.5 Å². The van der Waals surface area contributed by atoms with Crippen LogP contribution in [0.5, 0.6) is 5.75 Å². The van der Waals surface area contributed by atoms with Crippen molar-refractivity contribution in [3.63, 3.8) is 0 Å². The zero-order valence-electron chi connectivity index (χ0n) is 13.7. The van der Waals surface area contributed by atoms with E-state index in [0.29, 0.717) is 25.3 Å². The molecular weight excluding hydrogens is 380 g/mol. The molecule has 1 saturated heterocycles. The third kappa shape index (κ3) is 3.22. The number of nitrogens with two attached hydrogens (primary N) is 1. The van der Waals surface area contributed by atoms with E-state index in [-0.39, 0.29) is 17.9 Å². The van der Waals surface area contributed by atoms with E-state index >= 15 is 0 Å². The lowest BCUT2D eigenvalue weighted by Gasteiger charge is -2.22. The van der Waals surface area contributed by atoms with Crippen molar-refractivity contribution in [2.75, 3.05) is 19.7 Å². The first-order valence-corrected chi connectivity index (χ1v) is 9.14. The van der Waals surface area contributed by atoms with E-state index in [1.165, 1.54) is 5.56 Å². The summed E-state index contributed by atoms with van der Waals surface area (Å²) in [6, 6.07) is 15.9. The Morgan fingerprint density at radius 1 is 1.16 bits per heavy atom. The lowest BCUT2D eigenvalue weighted by Crippen LogP contribution is -2.34. The van der Waals surface area contributed by atoms with Crippen LogP contribution in [-0.4, -0.2) is 36.5 Å². The first-order chi connectivity index (χ1) is 12.1. The number of carbonyl (C=O) groups is 1. The second-order valence-electron chi connectivity index (χ2n) is 6.53. The molecule has 2 atom stereocenters. The zero-order chi connectivity index (χ0) is 17.4. The van der Waals surface area contributed by atoms with Gasteiger partial charge in [-0.3, -0.25) is 4.79 Å². The van der Waals surface area contributed by atoms with Gasteiger partial charge in [-0.2, -0.15) is 0 Å². The van der Waals surface area contributed by atoms with E-state index in [1.807, 2.05) is 47.4 Å². The molecule has 4 nitrogen and oxygen atoms in total. The molecule has 4 rings (SSSR count). The zero-order valence-corrected chi connectivity index (χ0v) is 15.3. The van der Waals surface area contributed by atoms with E-state index < -0.39 is 0 Å². The number of likely N-dealkylation sites (tertiary alicyclic amines) is 1. The molecule has 25 heavy (non-hydrogen) atoms. The SMILES string of the molecule is N[C@@H]1CN(C(=O)C2=Cc3cc(Br)ccc3OC2)C[C@H]1c1ccccc1. The number of fused-ring (bicyclic) bond motifs is 1. The van der Waals surface area contributed by atoms with Gasteiger partial charge in [0.15, 0.2) is 0 Å². The van der Waals surface area contributed by atoms with Gasteiger partial charge in [0.05, 0.1) is 5.57 Å². The molecule has 0 unspecified atom stereocenters. The summed E-state index contributed by atoms with van der Waals surface area (Å²) in [4.78, 5) is 14.8. The maximum absolute atomic E-state index is 12.9. The third-order valence-corrected chi connectivity index (χ3v) is 5.33. The predicted octanol–water partition coefficient (Wildman–Crippen LogP) is 3.18. The fourth-order valence-corrected chi connectivity index (χ4v) is 3.90. The Morgan fingerprint density at radius 3 is 2.76 bits per heavy atom. The van der Waals surface area contributed by atoms with Gasteiger partial charge in [0.25, 0.3) is 5.91 Å². The summed E-state index contributed by atoms with van der Waals surface area (Å²) in [5, 5.41) is 0. The monoisotopic (exact) mass is 398 g/mol. The van der Waals surface area contributed by atoms with E-state index in [9.17, 15) is 4.79 Å². The maximum Gasteiger partial charge on any atom is 0.253 e. The van der Waals surface area contributed by atoms with Crippen LogP contribution in [0.2, 0.25) is 0 Å². The molecular formula is C20H19BrN2O2. The summed E-state index contributed by atoms with van der Waals surface area (Å²) in [6.45, 7) is 1.52. The van der Waals surface area contributed by atoms with E-state index in [1.54, 1.807) is 0 Å². The van der Waals surface area contributed by atoms with Crippen molar-refractivity contribution in [2.45, 2.75) is 12.0 Å². The molecule has 0 radical (unpaired) electrons. The highest BCUT2D eigenvalue weighted by molar-refractivity contribution is 9.10. The Morgan fingerprint density at radius 2 is 1.96 bits per heavy atom. The Labute approximate surface area is 155 Å². The summed E-state index contributed by atoms with van der Waals surface area (Å²) in [6.07, 6.45) is 1.92. The van der Waals surface area contributed by atoms with E-state index in [2.05, 4.69) is 28.1 Å². The van der Waals surface area contributed by atoms with Crippen LogP contribution in [0.4, 0.5) is 0 Å². The number of hydrogen-bond acceptors (Lipinski definition) is 3. The van der Waals surface area contributed by atoms with Crippen LogP contribution in [0.3, 0.4) is 0 Å². The van der Waals surface area contributed by atoms with E-state index in [0.717, 1.165) is 15.8 Å². The van der Waals surface area contributed by atoms with Gasteiger partial charge in [-0.15, -0.1) is 0 Å². The smallest absolute Gasteiger partial charge is 0.253 e. The number of carbonyl (C=O) groups excluding carboxylic acids is 1. The predicted molar refractivity (Wildman–Crippen MR) is 101 cm³/mol. The van der Waals surface area contributed by atoms with Gasteiger partial charge in [0.2, 0.25) is 0 Å². The van der Waals surface area contributed by atoms with Gasteiger partial charge < -0.3 is 15.4 Å². The summed E-state index contributed by atoms with van der Waals surface area (Å²) in [5.41, 5.74) is 9.10. The summed E-state index contributed by atoms with van der Waals surface area (Å²) in [5.74, 6) is 0.997. The molecule has 2 N–H and O–H groups in total. The molecule has 128 valence electrons. The van der Waals surface area contributed by atoms with E-state index in [4.69, 9.17) is 10.5 Å². The van der Waals surface area contributed by atoms with Crippen LogP contribution in [0.25, 0.3) is 6.08 Å². The number of benzene rings is 2. The topological polar surface area (TPSA) is 55.6 Å². The summed E-state index contributed by atoms with van der Waals surface area (Å²) in [7, 11) is 0. The Balaban J connectivity index is 1.54. The second kappa shape index (κ2) is 6.65. The van der Waals surface area contributed by atoms with Crippen LogP contribution in [0.15, 0.2) is 58.6 Å². The molecule has 2 heterocycles. The molecule has 0 spiro atoms. The summed E-state index contributed by atoms with van der Waals surface area (Å²) >= 11 is 3.46. The number of hydrogen-bond donors (Lipinski definition) is 1. The van der Waals surface area contributed by atoms with Crippen LogP contribution in [-0.2, 0) is 4.79 Å². The molecule has 5 heteroatoms. The van der Waals surface area contributed by atoms with Crippen molar-refractivity contribution in [3.05, 3.63) is 69.7 Å². The molecule has 2 aromatic carbocycles. The molecule has 1 amide bonds. The van der Waals surface area contributed by atoms with Gasteiger partial charge in [-0.1, -0.05) is 46.3 Å². The quantitative estimate of drug-likeness (QED) is 0.844. The van der Waals surface area contributed by atoms with Gasteiger partial charge >= 0.3 is 0 Å². The van der Waals surface area contributed by atoms with Crippen LogP contribution in [0, 0.1) is 0 Å². The molecule has 2 aliphatic heterocycles.